The van der Waals surface area contributed by atoms with Gasteiger partial charge in [-0.25, -0.2) is 24.0 Å². The van der Waals surface area contributed by atoms with E-state index in [0.29, 0.717) is 130 Å². The van der Waals surface area contributed by atoms with Crippen LogP contribution in [0.4, 0.5) is 0 Å². The molecule has 0 bridgehead atoms. The lowest BCUT2D eigenvalue weighted by atomic mass is 10.1. The second-order valence-electron chi connectivity index (χ2n) is 19.3. The molecule has 94 heavy (non-hydrogen) atoms. The Bertz CT molecular complexity index is 3200. The molecule has 0 N–H and O–H groups in total. The number of carbonyl (C=O) groups excluding carboxylic acids is 5. The van der Waals surface area contributed by atoms with Gasteiger partial charge in [-0.2, -0.15) is 14.7 Å². The second kappa shape index (κ2) is 48.4. The van der Waals surface area contributed by atoms with E-state index < -0.39 is 29.8 Å². The lowest BCUT2D eigenvalue weighted by molar-refractivity contribution is -0.249. The van der Waals surface area contributed by atoms with Crippen LogP contribution in [0.15, 0.2) is 179 Å². The minimum Gasteiger partial charge on any atom is -0.490 e. The fourth-order valence-electron chi connectivity index (χ4n) is 7.73. The van der Waals surface area contributed by atoms with Crippen molar-refractivity contribution in [2.24, 2.45) is 0 Å². The first-order chi connectivity index (χ1) is 46.0. The molecule has 4 aromatic carbocycles. The van der Waals surface area contributed by atoms with E-state index in [1.54, 1.807) is 84.9 Å². The summed E-state index contributed by atoms with van der Waals surface area (Å²) < 4.78 is 64.4. The summed E-state index contributed by atoms with van der Waals surface area (Å²) in [5.74, 6) is -0.377. The van der Waals surface area contributed by atoms with E-state index >= 15 is 0 Å². The topological polar surface area (TPSA) is 242 Å². The smallest absolute Gasteiger partial charge is 0.336 e. The third-order valence-corrected chi connectivity index (χ3v) is 12.3. The van der Waals surface area contributed by atoms with Crippen molar-refractivity contribution in [3.63, 3.8) is 0 Å². The molecule has 4 rings (SSSR count). The number of benzene rings is 4. The molecule has 4 aromatic rings. The van der Waals surface area contributed by atoms with Crippen molar-refractivity contribution in [2.75, 3.05) is 79.3 Å². The van der Waals surface area contributed by atoms with E-state index in [2.05, 4.69) is 56.7 Å². The molecule has 502 valence electrons. The molecule has 22 heteroatoms. The Morgan fingerprint density at radius 1 is 0.330 bits per heavy atom. The highest BCUT2D eigenvalue weighted by Crippen LogP contribution is 2.43. The first kappa shape index (κ1) is 76.0. The fraction of sp³-hybridized carbons (Fsp3) is 0.333. The summed E-state index contributed by atoms with van der Waals surface area (Å²) in [6.07, 6.45) is 19.1. The normalized spacial score (nSPS) is 10.5. The Hall–Kier alpha value is -10.4. The monoisotopic (exact) mass is 1300 g/mol. The van der Waals surface area contributed by atoms with E-state index in [1.165, 1.54) is 30.9 Å². The zero-order valence-corrected chi connectivity index (χ0v) is 52.9. The van der Waals surface area contributed by atoms with Crippen molar-refractivity contribution in [2.45, 2.75) is 77.0 Å². The molecule has 0 fully saturated rings. The van der Waals surface area contributed by atoms with Crippen LogP contribution in [0.25, 0.3) is 23.3 Å². The van der Waals surface area contributed by atoms with Gasteiger partial charge in [-0.15, -0.1) is 0 Å². The molecule has 0 saturated carbocycles. The van der Waals surface area contributed by atoms with Gasteiger partial charge in [0.1, 0.15) is 11.5 Å². The summed E-state index contributed by atoms with van der Waals surface area (Å²) in [6, 6.07) is 20.6. The van der Waals surface area contributed by atoms with Gasteiger partial charge in [0.15, 0.2) is 41.8 Å². The Morgan fingerprint density at radius 2 is 0.617 bits per heavy atom. The SMILES string of the molecule is C=C=COOCCCCOc1ccc(C=CC(=O)Oc2ccc(-c3ccc(OC(=O)C=Cc4ccc(OCCCCOC(=O)C=C)c(OCCCCOC(=O)C=C)c4OCCCCOOC=C=C)cc3)cc2)c(OCCCCOC(=O)C=C)c1OCCCCOOC=C=C. The van der Waals surface area contributed by atoms with Crippen LogP contribution in [0.1, 0.15) is 88.2 Å². The van der Waals surface area contributed by atoms with Crippen molar-refractivity contribution in [3.05, 3.63) is 190 Å². The van der Waals surface area contributed by atoms with Crippen LogP contribution >= 0.6 is 0 Å². The van der Waals surface area contributed by atoms with Crippen LogP contribution in [0.3, 0.4) is 0 Å². The molecule has 22 nitrogen and oxygen atoms in total. The maximum Gasteiger partial charge on any atom is 0.336 e. The quantitative estimate of drug-likeness (QED) is 0.00459. The van der Waals surface area contributed by atoms with Gasteiger partial charge < -0.3 is 66.8 Å². The zero-order valence-electron chi connectivity index (χ0n) is 52.9. The highest BCUT2D eigenvalue weighted by atomic mass is 17.2. The first-order valence-electron chi connectivity index (χ1n) is 30.4. The van der Waals surface area contributed by atoms with Crippen LogP contribution in [0, 0.1) is 0 Å². The van der Waals surface area contributed by atoms with Crippen molar-refractivity contribution < 1.29 is 105 Å². The van der Waals surface area contributed by atoms with Crippen molar-refractivity contribution >= 4 is 42.0 Å². The fourth-order valence-corrected chi connectivity index (χ4v) is 7.73. The van der Waals surface area contributed by atoms with E-state index in [4.69, 9.17) is 81.4 Å². The van der Waals surface area contributed by atoms with Crippen molar-refractivity contribution in [1.82, 2.24) is 0 Å². The zero-order chi connectivity index (χ0) is 67.5. The molecule has 0 saturated heterocycles. The number of rotatable bonds is 52. The van der Waals surface area contributed by atoms with Gasteiger partial charge in [0.25, 0.3) is 0 Å². The lowest BCUT2D eigenvalue weighted by Crippen LogP contribution is -2.09. The van der Waals surface area contributed by atoms with Gasteiger partial charge in [0, 0.05) is 41.5 Å². The van der Waals surface area contributed by atoms with Gasteiger partial charge in [-0.1, -0.05) is 80.9 Å². The van der Waals surface area contributed by atoms with Crippen LogP contribution in [-0.2, 0) is 67.5 Å². The third kappa shape index (κ3) is 32.0. The van der Waals surface area contributed by atoms with Gasteiger partial charge in [-0.05, 0) is 149 Å². The summed E-state index contributed by atoms with van der Waals surface area (Å²) in [7, 11) is 0. The predicted molar refractivity (Wildman–Crippen MR) is 348 cm³/mol. The molecule has 0 aliphatic carbocycles. The first-order valence-corrected chi connectivity index (χ1v) is 30.4. The Labute approximate surface area is 548 Å². The van der Waals surface area contributed by atoms with Crippen LogP contribution in [0.5, 0.6) is 46.0 Å². The number of hydrogen-bond donors (Lipinski definition) is 0. The molecular formula is C72H82O22. The van der Waals surface area contributed by atoms with Gasteiger partial charge in [0.05, 0.1) is 79.3 Å². The highest BCUT2D eigenvalue weighted by Gasteiger charge is 2.20. The number of hydrogen-bond acceptors (Lipinski definition) is 22. The average Bonchev–Trinajstić information content (AvgIpc) is 1.02. The summed E-state index contributed by atoms with van der Waals surface area (Å²) in [6.45, 7) is 23.3. The number of ether oxygens (including phenoxy) is 11. The maximum absolute atomic E-state index is 13.4. The molecule has 0 aromatic heterocycles. The van der Waals surface area contributed by atoms with Gasteiger partial charge in [-0.3, -0.25) is 0 Å². The van der Waals surface area contributed by atoms with Gasteiger partial charge in [0.2, 0.25) is 11.5 Å². The molecule has 0 atom stereocenters. The minimum absolute atomic E-state index is 0.168. The van der Waals surface area contributed by atoms with Crippen LogP contribution in [0.2, 0.25) is 0 Å². The van der Waals surface area contributed by atoms with Gasteiger partial charge >= 0.3 is 29.8 Å². The molecule has 0 aliphatic rings. The molecule has 0 aliphatic heterocycles. The number of carbonyl (C=O) groups is 5. The average molecular weight is 1300 g/mol. The minimum atomic E-state index is -0.678. The van der Waals surface area contributed by atoms with E-state index in [0.717, 1.165) is 29.4 Å². The van der Waals surface area contributed by atoms with Crippen molar-refractivity contribution in [1.29, 1.82) is 0 Å². The highest BCUT2D eigenvalue weighted by molar-refractivity contribution is 5.91. The summed E-state index contributed by atoms with van der Waals surface area (Å²) in [5, 5.41) is 0. The largest absolute Gasteiger partial charge is 0.490 e. The molecule has 0 amide bonds. The summed E-state index contributed by atoms with van der Waals surface area (Å²) in [4.78, 5) is 91.3. The second-order valence-corrected chi connectivity index (χ2v) is 19.3. The predicted octanol–water partition coefficient (Wildman–Crippen LogP) is 13.5. The molecule has 0 heterocycles. The maximum atomic E-state index is 13.4. The van der Waals surface area contributed by atoms with Crippen LogP contribution in [-0.4, -0.2) is 109 Å². The Morgan fingerprint density at radius 3 is 0.926 bits per heavy atom. The molecular weight excluding hydrogens is 1220 g/mol. The van der Waals surface area contributed by atoms with Crippen LogP contribution < -0.4 is 37.9 Å². The van der Waals surface area contributed by atoms with Crippen molar-refractivity contribution in [3.8, 4) is 57.1 Å². The Kier molecular flexibility index (Phi) is 39.1. The summed E-state index contributed by atoms with van der Waals surface area (Å²) in [5.41, 5.74) is 9.92. The third-order valence-electron chi connectivity index (χ3n) is 12.3. The lowest BCUT2D eigenvalue weighted by Gasteiger charge is -2.19. The number of unbranched alkanes of at least 4 members (excludes halogenated alkanes) is 6. The Balaban J connectivity index is 1.48. The summed E-state index contributed by atoms with van der Waals surface area (Å²) >= 11 is 0. The standard InChI is InChI=1S/C72H82O22/c1-7-41-87-90-53-22-19-45-79-63-38-30-58(69(83-49-17-15-47-81-65(74)11-5)72(63)86-52-21-24-55-92-89-43-9-3)31-39-67(76)93-60-33-25-56(26-34-60)57-27-35-61(36-28-57)94-68(77)40-32-59-29-37-62(78-44-13-14-46-80-64(73)10-4)71(85-51-18-16-48-82-66(75)12-6)70(59)84-50-20-23-54-91-88-42-8-2/h10-12,25-43H,1-6,13-24,44-55H2. The van der Waals surface area contributed by atoms with E-state index in [-0.39, 0.29) is 83.3 Å². The van der Waals surface area contributed by atoms with E-state index in [1.807, 2.05) is 0 Å². The molecule has 0 radical (unpaired) electrons. The molecule has 0 spiro atoms. The molecule has 0 unspecified atom stereocenters. The number of esters is 5. The van der Waals surface area contributed by atoms with E-state index in [9.17, 15) is 24.0 Å².